The van der Waals surface area contributed by atoms with Gasteiger partial charge in [0.25, 0.3) is 5.91 Å². The maximum atomic E-state index is 13.7. The van der Waals surface area contributed by atoms with Crippen LogP contribution in [0, 0.1) is 12.8 Å². The van der Waals surface area contributed by atoms with Crippen LogP contribution in [-0.2, 0) is 16.1 Å². The van der Waals surface area contributed by atoms with Crippen molar-refractivity contribution in [2.75, 3.05) is 6.54 Å². The molecular weight excluding hydrogens is 396 g/mol. The van der Waals surface area contributed by atoms with E-state index in [-0.39, 0.29) is 24.4 Å². The highest BCUT2D eigenvalue weighted by molar-refractivity contribution is 6.31. The quantitative estimate of drug-likeness (QED) is 0.681. The number of amides is 2. The molecule has 0 unspecified atom stereocenters. The minimum atomic E-state index is -0.609. The number of aryl methyl sites for hydroxylation is 1. The van der Waals surface area contributed by atoms with E-state index in [9.17, 15) is 9.59 Å². The van der Waals surface area contributed by atoms with Gasteiger partial charge in [-0.25, -0.2) is 0 Å². The van der Waals surface area contributed by atoms with Gasteiger partial charge >= 0.3 is 0 Å². The summed E-state index contributed by atoms with van der Waals surface area (Å²) < 4.78 is 0. The van der Waals surface area contributed by atoms with Gasteiger partial charge in [0.2, 0.25) is 5.91 Å². The molecule has 0 aromatic heterocycles. The second-order valence-electron chi connectivity index (χ2n) is 8.81. The maximum absolute atomic E-state index is 13.7. The van der Waals surface area contributed by atoms with Crippen LogP contribution in [0.15, 0.2) is 48.5 Å². The zero-order valence-electron chi connectivity index (χ0n) is 17.7. The van der Waals surface area contributed by atoms with Crippen LogP contribution in [0.5, 0.6) is 0 Å². The van der Waals surface area contributed by atoms with Gasteiger partial charge in [-0.15, -0.1) is 0 Å². The lowest BCUT2D eigenvalue weighted by molar-refractivity contribution is -0.160. The Morgan fingerprint density at radius 3 is 2.30 bits per heavy atom. The number of hydrogen-bond donors (Lipinski definition) is 0. The van der Waals surface area contributed by atoms with E-state index in [1.165, 1.54) is 0 Å². The Balaban J connectivity index is 1.67. The number of nitrogens with zero attached hydrogens (tertiary/aromatic N) is 2. The van der Waals surface area contributed by atoms with Crippen molar-refractivity contribution in [3.05, 3.63) is 70.2 Å². The van der Waals surface area contributed by atoms with Gasteiger partial charge in [0.15, 0.2) is 0 Å². The summed E-state index contributed by atoms with van der Waals surface area (Å²) in [6.45, 7) is 4.78. The highest BCUT2D eigenvalue weighted by atomic mass is 35.5. The number of carbonyl (C=O) groups excluding carboxylic acids is 2. The first kappa shape index (κ1) is 20.9. The summed E-state index contributed by atoms with van der Waals surface area (Å²) in [6, 6.07) is 15.0. The molecule has 2 aromatic carbocycles. The molecule has 1 saturated heterocycles. The van der Waals surface area contributed by atoms with Crippen molar-refractivity contribution < 1.29 is 9.59 Å². The Morgan fingerprint density at radius 1 is 0.967 bits per heavy atom. The molecule has 4 nitrogen and oxygen atoms in total. The predicted molar refractivity (Wildman–Crippen MR) is 119 cm³/mol. The van der Waals surface area contributed by atoms with Gasteiger partial charge in [0, 0.05) is 17.6 Å². The Bertz CT molecular complexity index is 919. The summed E-state index contributed by atoms with van der Waals surface area (Å²) in [5, 5.41) is 0.615. The van der Waals surface area contributed by atoms with E-state index in [2.05, 4.69) is 6.92 Å². The molecule has 30 heavy (non-hydrogen) atoms. The molecule has 0 bridgehead atoms. The van der Waals surface area contributed by atoms with E-state index in [0.29, 0.717) is 17.5 Å². The Kier molecular flexibility index (Phi) is 6.14. The molecule has 1 aliphatic heterocycles. The van der Waals surface area contributed by atoms with Gasteiger partial charge in [0.05, 0.1) is 0 Å². The predicted octanol–water partition coefficient (Wildman–Crippen LogP) is 5.14. The second kappa shape index (κ2) is 8.81. The van der Waals surface area contributed by atoms with Crippen molar-refractivity contribution in [3.8, 4) is 0 Å². The Labute approximate surface area is 183 Å². The first-order valence-electron chi connectivity index (χ1n) is 10.8. The summed E-state index contributed by atoms with van der Waals surface area (Å²) in [6.07, 6.45) is 4.18. The number of benzene rings is 2. The van der Waals surface area contributed by atoms with Gasteiger partial charge in [-0.05, 0) is 55.7 Å². The average molecular weight is 425 g/mol. The zero-order valence-corrected chi connectivity index (χ0v) is 18.4. The van der Waals surface area contributed by atoms with Crippen molar-refractivity contribution in [1.82, 2.24) is 9.80 Å². The molecule has 1 aliphatic carbocycles. The average Bonchev–Trinajstić information content (AvgIpc) is 2.74. The minimum absolute atomic E-state index is 0.0151. The van der Waals surface area contributed by atoms with Crippen LogP contribution in [0.4, 0.5) is 0 Å². The highest BCUT2D eigenvalue weighted by Gasteiger charge is 2.43. The maximum Gasteiger partial charge on any atom is 0.250 e. The van der Waals surface area contributed by atoms with Gasteiger partial charge in [-0.3, -0.25) is 9.59 Å². The van der Waals surface area contributed by atoms with Crippen molar-refractivity contribution in [3.63, 3.8) is 0 Å². The molecule has 2 fully saturated rings. The van der Waals surface area contributed by atoms with Crippen LogP contribution >= 0.6 is 11.6 Å². The Hall–Kier alpha value is -2.33. The summed E-state index contributed by atoms with van der Waals surface area (Å²) in [4.78, 5) is 30.6. The Morgan fingerprint density at radius 2 is 1.63 bits per heavy atom. The SMILES string of the molecule is Cc1ccc([C@@H]2C(=O)N(C3CCC(C)CC3)CC(=O)N2Cc2ccccc2Cl)cc1. The zero-order chi connectivity index (χ0) is 21.3. The lowest BCUT2D eigenvalue weighted by atomic mass is 9.85. The molecule has 0 N–H and O–H groups in total. The van der Waals surface area contributed by atoms with E-state index >= 15 is 0 Å². The van der Waals surface area contributed by atoms with E-state index < -0.39 is 6.04 Å². The smallest absolute Gasteiger partial charge is 0.250 e. The van der Waals surface area contributed by atoms with E-state index in [4.69, 9.17) is 11.6 Å². The van der Waals surface area contributed by atoms with Crippen molar-refractivity contribution in [2.24, 2.45) is 5.92 Å². The number of rotatable bonds is 4. The van der Waals surface area contributed by atoms with Crippen molar-refractivity contribution in [2.45, 2.75) is 58.2 Å². The molecule has 0 radical (unpaired) electrons. The topological polar surface area (TPSA) is 40.6 Å². The van der Waals surface area contributed by atoms with Crippen LogP contribution in [0.2, 0.25) is 5.02 Å². The van der Waals surface area contributed by atoms with E-state index in [0.717, 1.165) is 42.4 Å². The first-order chi connectivity index (χ1) is 14.4. The van der Waals surface area contributed by atoms with Crippen LogP contribution < -0.4 is 0 Å². The van der Waals surface area contributed by atoms with Crippen LogP contribution in [0.1, 0.15) is 55.3 Å². The van der Waals surface area contributed by atoms with E-state index in [1.807, 2.05) is 60.4 Å². The molecule has 0 spiro atoms. The first-order valence-corrected chi connectivity index (χ1v) is 11.2. The molecule has 1 atom stereocenters. The fraction of sp³-hybridized carbons (Fsp3) is 0.440. The van der Waals surface area contributed by atoms with Crippen molar-refractivity contribution in [1.29, 1.82) is 0 Å². The van der Waals surface area contributed by atoms with Gasteiger partial charge in [-0.2, -0.15) is 0 Å². The summed E-state index contributed by atoms with van der Waals surface area (Å²) in [5.74, 6) is 0.713. The fourth-order valence-electron chi connectivity index (χ4n) is 4.67. The molecule has 2 aliphatic rings. The number of halogens is 1. The largest absolute Gasteiger partial charge is 0.328 e. The third-order valence-corrected chi connectivity index (χ3v) is 6.94. The van der Waals surface area contributed by atoms with Gasteiger partial charge in [0.1, 0.15) is 12.6 Å². The summed E-state index contributed by atoms with van der Waals surface area (Å²) in [5.41, 5.74) is 2.85. The van der Waals surface area contributed by atoms with Crippen LogP contribution in [0.3, 0.4) is 0 Å². The molecule has 1 saturated carbocycles. The minimum Gasteiger partial charge on any atom is -0.328 e. The lowest BCUT2D eigenvalue weighted by Crippen LogP contribution is -2.58. The lowest BCUT2D eigenvalue weighted by Gasteiger charge is -2.45. The molecule has 2 aromatic rings. The van der Waals surface area contributed by atoms with Crippen molar-refractivity contribution >= 4 is 23.4 Å². The summed E-state index contributed by atoms with van der Waals surface area (Å²) >= 11 is 6.37. The number of carbonyl (C=O) groups is 2. The van der Waals surface area contributed by atoms with Gasteiger partial charge < -0.3 is 9.80 Å². The molecule has 2 amide bonds. The molecular formula is C25H29ClN2O2. The molecule has 5 heteroatoms. The normalized spacial score (nSPS) is 25.0. The third kappa shape index (κ3) is 4.24. The second-order valence-corrected chi connectivity index (χ2v) is 9.21. The summed E-state index contributed by atoms with van der Waals surface area (Å²) in [7, 11) is 0. The van der Waals surface area contributed by atoms with Crippen LogP contribution in [-0.4, -0.2) is 34.2 Å². The molecule has 1 heterocycles. The molecule has 158 valence electrons. The number of piperazine rings is 1. The van der Waals surface area contributed by atoms with Gasteiger partial charge in [-0.1, -0.05) is 66.6 Å². The molecule has 4 rings (SSSR count). The standard InChI is InChI=1S/C25H29ClN2O2/c1-17-7-11-19(12-8-17)24-25(30)27(21-13-9-18(2)10-14-21)16-23(29)28(24)15-20-5-3-4-6-22(20)26/h3-8,11-12,18,21,24H,9-10,13-16H2,1-2H3/t18?,21?,24-/m1/s1. The van der Waals surface area contributed by atoms with Crippen LogP contribution in [0.25, 0.3) is 0 Å². The number of hydrogen-bond acceptors (Lipinski definition) is 2. The fourth-order valence-corrected chi connectivity index (χ4v) is 4.87. The monoisotopic (exact) mass is 424 g/mol. The highest BCUT2D eigenvalue weighted by Crippen LogP contribution is 2.35. The van der Waals surface area contributed by atoms with E-state index in [1.54, 1.807) is 4.90 Å². The third-order valence-electron chi connectivity index (χ3n) is 6.57.